The first-order chi connectivity index (χ1) is 3.97. The van der Waals surface area contributed by atoms with Gasteiger partial charge in [0, 0.05) is 36.6 Å². The third-order valence-electron chi connectivity index (χ3n) is 1.12. The Morgan fingerprint density at radius 3 is 3.38 bits per heavy atom. The van der Waals surface area contributed by atoms with E-state index in [2.05, 4.69) is 18.2 Å². The van der Waals surface area contributed by atoms with Gasteiger partial charge in [-0.15, -0.1) is 0 Å². The molecule has 1 heteroatoms. The first-order valence-electron chi connectivity index (χ1n) is 2.39. The molecule has 0 N–H and O–H groups in total. The molecule has 0 amide bonds. The number of nitrogens with zero attached hydrogens (tertiary/aromatic N) is 1. The van der Waals surface area contributed by atoms with E-state index in [-0.39, 0.29) is 0 Å². The van der Waals surface area contributed by atoms with Gasteiger partial charge in [-0.2, -0.15) is 0 Å². The van der Waals surface area contributed by atoms with E-state index < -0.39 is 0 Å². The first kappa shape index (κ1) is 3.96. The highest BCUT2D eigenvalue weighted by Crippen LogP contribution is 2.10. The predicted octanol–water partition coefficient (Wildman–Crippen LogP) is 0.928. The molecule has 1 aromatic rings. The lowest BCUT2D eigenvalue weighted by molar-refractivity contribution is 1.15. The summed E-state index contributed by atoms with van der Waals surface area (Å²) in [4.78, 5) is 0. The van der Waals surface area contributed by atoms with Crippen LogP contribution in [0.5, 0.6) is 0 Å². The molecule has 8 heavy (non-hydrogen) atoms. The van der Waals surface area contributed by atoms with Gasteiger partial charge in [-0.1, -0.05) is 0 Å². The number of rotatable bonds is 0. The number of allylic oxidation sites excluding steroid dienone is 1. The van der Waals surface area contributed by atoms with Crippen molar-refractivity contribution in [1.29, 1.82) is 0 Å². The van der Waals surface area contributed by atoms with Gasteiger partial charge in [-0.3, -0.25) is 0 Å². The summed E-state index contributed by atoms with van der Waals surface area (Å²) in [6.45, 7) is 0. The molecule has 36 valence electrons. The van der Waals surface area contributed by atoms with Gasteiger partial charge in [0.15, 0.2) is 0 Å². The summed E-state index contributed by atoms with van der Waals surface area (Å²) in [5.74, 6) is 0. The van der Waals surface area contributed by atoms with Crippen molar-refractivity contribution in [2.24, 2.45) is 0 Å². The third kappa shape index (κ3) is 0.360. The third-order valence-corrected chi connectivity index (χ3v) is 1.12. The van der Waals surface area contributed by atoms with Crippen molar-refractivity contribution in [3.05, 3.63) is 36.5 Å². The van der Waals surface area contributed by atoms with Gasteiger partial charge in [0.05, 0.1) is 0 Å². The average Bonchev–Trinajstić information content (AvgIpc) is 2.15. The minimum atomic E-state index is 1.03. The topological polar surface area (TPSA) is 4.93 Å². The van der Waals surface area contributed by atoms with E-state index in [1.165, 1.54) is 0 Å². The fourth-order valence-corrected chi connectivity index (χ4v) is 0.724. The number of hydrogen-bond acceptors (Lipinski definition) is 0. The second-order valence-electron chi connectivity index (χ2n) is 1.63. The lowest BCUT2D eigenvalue weighted by Gasteiger charge is -1.87. The van der Waals surface area contributed by atoms with Crippen molar-refractivity contribution >= 4 is 6.20 Å². The van der Waals surface area contributed by atoms with E-state index in [1.807, 2.05) is 23.4 Å². The maximum absolute atomic E-state index is 2.93. The van der Waals surface area contributed by atoms with Gasteiger partial charge < -0.3 is 4.57 Å². The molecule has 0 atom stereocenters. The molecule has 0 aliphatic carbocycles. The maximum atomic E-state index is 2.93. The van der Waals surface area contributed by atoms with Crippen LogP contribution >= 0.6 is 0 Å². The van der Waals surface area contributed by atoms with Crippen LogP contribution in [0, 0.1) is 24.6 Å². The molecule has 1 aliphatic heterocycles. The molecule has 1 aliphatic rings. The van der Waals surface area contributed by atoms with E-state index in [0.717, 1.165) is 5.69 Å². The number of hydrogen-bond donors (Lipinski definition) is 0. The maximum Gasteiger partial charge on any atom is 0.0395 e. The van der Waals surface area contributed by atoms with Crippen LogP contribution in [0.4, 0.5) is 0 Å². The van der Waals surface area contributed by atoms with E-state index in [9.17, 15) is 0 Å². The second kappa shape index (κ2) is 1.25. The Morgan fingerprint density at radius 1 is 1.50 bits per heavy atom. The van der Waals surface area contributed by atoms with Gasteiger partial charge in [0.1, 0.15) is 0 Å². The second-order valence-corrected chi connectivity index (χ2v) is 1.63. The Morgan fingerprint density at radius 2 is 2.50 bits per heavy atom. The summed E-state index contributed by atoms with van der Waals surface area (Å²) in [6, 6.07) is 5.74. The molecular weight excluding hydrogens is 98.1 g/mol. The van der Waals surface area contributed by atoms with Crippen LogP contribution in [-0.4, -0.2) is 4.57 Å². The normalized spacial score (nSPS) is 14.5. The molecule has 2 rings (SSSR count). The van der Waals surface area contributed by atoms with Gasteiger partial charge in [-0.05, 0) is 6.08 Å². The van der Waals surface area contributed by atoms with E-state index in [4.69, 9.17) is 0 Å². The molecule has 0 unspecified atom stereocenters. The SMILES string of the molecule is [C]1=Cn2c[c][c]c2[CH]1. The summed E-state index contributed by atoms with van der Waals surface area (Å²) in [7, 11) is 0. The molecule has 0 fully saturated rings. The molecule has 0 bridgehead atoms. The van der Waals surface area contributed by atoms with Gasteiger partial charge in [0.25, 0.3) is 0 Å². The zero-order valence-corrected chi connectivity index (χ0v) is 4.18. The highest BCUT2D eigenvalue weighted by atomic mass is 15.0. The Labute approximate surface area is 48.2 Å². The molecule has 0 saturated heterocycles. The van der Waals surface area contributed by atoms with Crippen molar-refractivity contribution in [2.45, 2.75) is 0 Å². The summed E-state index contributed by atoms with van der Waals surface area (Å²) in [5.41, 5.74) is 1.03. The monoisotopic (exact) mass is 101 g/mol. The molecule has 0 aromatic carbocycles. The van der Waals surface area contributed by atoms with Crippen LogP contribution < -0.4 is 0 Å². The Bertz CT molecular complexity index is 220. The lowest BCUT2D eigenvalue weighted by atomic mass is 10.3. The van der Waals surface area contributed by atoms with Crippen LogP contribution in [0.1, 0.15) is 5.69 Å². The van der Waals surface area contributed by atoms with E-state index in [1.54, 1.807) is 0 Å². The quantitative estimate of drug-likeness (QED) is 0.458. The van der Waals surface area contributed by atoms with Crippen LogP contribution in [0.25, 0.3) is 6.20 Å². The zero-order chi connectivity index (χ0) is 5.40. The van der Waals surface area contributed by atoms with Gasteiger partial charge >= 0.3 is 0 Å². The number of aromatic nitrogens is 1. The largest absolute Gasteiger partial charge is 0.325 e. The van der Waals surface area contributed by atoms with Crippen molar-refractivity contribution in [3.63, 3.8) is 0 Å². The Hall–Kier alpha value is -0.980. The molecular formula is C7H3N. The average molecular weight is 101 g/mol. The predicted molar refractivity (Wildman–Crippen MR) is 29.5 cm³/mol. The molecule has 1 nitrogen and oxygen atoms in total. The van der Waals surface area contributed by atoms with Crippen LogP contribution in [0.2, 0.25) is 0 Å². The highest BCUT2D eigenvalue weighted by molar-refractivity contribution is 5.39. The first-order valence-corrected chi connectivity index (χ1v) is 2.39. The fraction of sp³-hybridized carbons (Fsp3) is 0. The van der Waals surface area contributed by atoms with Gasteiger partial charge in [-0.25, -0.2) is 0 Å². The summed E-state index contributed by atoms with van der Waals surface area (Å²) in [6.07, 6.45) is 8.48. The summed E-state index contributed by atoms with van der Waals surface area (Å²) in [5, 5.41) is 0. The molecule has 2 heterocycles. The smallest absolute Gasteiger partial charge is 0.0395 e. The van der Waals surface area contributed by atoms with Crippen molar-refractivity contribution < 1.29 is 0 Å². The van der Waals surface area contributed by atoms with Gasteiger partial charge in [0.2, 0.25) is 0 Å². The summed E-state index contributed by atoms with van der Waals surface area (Å²) < 4.78 is 1.92. The molecule has 0 saturated carbocycles. The summed E-state index contributed by atoms with van der Waals surface area (Å²) >= 11 is 0. The lowest BCUT2D eigenvalue weighted by Crippen LogP contribution is -1.80. The minimum Gasteiger partial charge on any atom is -0.325 e. The fourth-order valence-electron chi connectivity index (χ4n) is 0.724. The molecule has 0 spiro atoms. The van der Waals surface area contributed by atoms with Crippen LogP contribution in [-0.2, 0) is 0 Å². The highest BCUT2D eigenvalue weighted by Gasteiger charge is 2.01. The van der Waals surface area contributed by atoms with Crippen molar-refractivity contribution in [3.8, 4) is 0 Å². The van der Waals surface area contributed by atoms with Crippen LogP contribution in [0.3, 0.4) is 0 Å². The van der Waals surface area contributed by atoms with Crippen LogP contribution in [0.15, 0.2) is 6.20 Å². The Balaban J connectivity index is 2.67. The Kier molecular flexibility index (Phi) is 0.618. The molecule has 4 radical (unpaired) electrons. The zero-order valence-electron chi connectivity index (χ0n) is 4.18. The standard InChI is InChI=1S/C7H3N/c1-3-7-4-2-6-8(7)5-1/h3,5-6H. The molecule has 1 aromatic heterocycles. The van der Waals surface area contributed by atoms with E-state index in [0.29, 0.717) is 0 Å². The van der Waals surface area contributed by atoms with Crippen molar-refractivity contribution in [2.75, 3.05) is 0 Å². The van der Waals surface area contributed by atoms with E-state index >= 15 is 0 Å². The minimum absolute atomic E-state index is 1.03. The number of fused-ring (bicyclic) bond motifs is 1. The van der Waals surface area contributed by atoms with Crippen molar-refractivity contribution in [1.82, 2.24) is 4.57 Å².